The molecule has 5 heterocycles. The maximum atomic E-state index is 4.83. The van der Waals surface area contributed by atoms with Gasteiger partial charge in [0.25, 0.3) is 0 Å². The van der Waals surface area contributed by atoms with E-state index in [1.165, 1.54) is 38.7 Å². The van der Waals surface area contributed by atoms with Gasteiger partial charge < -0.3 is 4.40 Å². The monoisotopic (exact) mass is 547 g/mol. The van der Waals surface area contributed by atoms with Crippen molar-refractivity contribution in [2.45, 2.75) is 77.6 Å². The second-order valence-corrected chi connectivity index (χ2v) is 14.3. The Bertz CT molecular complexity index is 1820. The van der Waals surface area contributed by atoms with Crippen molar-refractivity contribution in [3.05, 3.63) is 89.7 Å². The summed E-state index contributed by atoms with van der Waals surface area (Å²) in [5.41, 5.74) is 7.02. The van der Waals surface area contributed by atoms with Gasteiger partial charge in [-0.1, -0.05) is 65.9 Å². The van der Waals surface area contributed by atoms with Crippen LogP contribution in [0.5, 0.6) is 0 Å². The lowest BCUT2D eigenvalue weighted by Crippen LogP contribution is -2.26. The molecule has 6 rings (SSSR count). The predicted molar refractivity (Wildman–Crippen MR) is 167 cm³/mol. The molecule has 5 nitrogen and oxygen atoms in total. The van der Waals surface area contributed by atoms with Crippen molar-refractivity contribution < 1.29 is 0 Å². The third-order valence-electron chi connectivity index (χ3n) is 8.22. The fraction of sp³-hybridized carbons (Fsp3) is 0.353. The molecule has 0 aliphatic heterocycles. The smallest absolute Gasteiger partial charge is 0.189 e. The van der Waals surface area contributed by atoms with E-state index >= 15 is 0 Å². The van der Waals surface area contributed by atoms with Gasteiger partial charge in [0.15, 0.2) is 10.5 Å². The summed E-state index contributed by atoms with van der Waals surface area (Å²) in [6, 6.07) is 15.8. The Morgan fingerprint density at radius 2 is 1.57 bits per heavy atom. The Kier molecular flexibility index (Phi) is 6.30. The summed E-state index contributed by atoms with van der Waals surface area (Å²) in [5.74, 6) is 0. The highest BCUT2D eigenvalue weighted by molar-refractivity contribution is 7.18. The molecule has 0 fully saturated rings. The summed E-state index contributed by atoms with van der Waals surface area (Å²) in [6.45, 7) is 16.1. The molecule has 0 amide bonds. The maximum absolute atomic E-state index is 4.83. The third-order valence-corrected chi connectivity index (χ3v) is 9.54. The molecule has 6 heteroatoms. The first-order valence-electron chi connectivity index (χ1n) is 14.0. The summed E-state index contributed by atoms with van der Waals surface area (Å²) in [7, 11) is 0. The van der Waals surface area contributed by atoms with Crippen LogP contribution in [0.15, 0.2) is 73.4 Å². The average Bonchev–Trinajstić information content (AvgIpc) is 3.56. The van der Waals surface area contributed by atoms with Gasteiger partial charge in [0, 0.05) is 64.0 Å². The summed E-state index contributed by atoms with van der Waals surface area (Å²) in [5, 5.41) is 3.56. The zero-order valence-corrected chi connectivity index (χ0v) is 25.3. The van der Waals surface area contributed by atoms with Crippen molar-refractivity contribution in [1.82, 2.24) is 24.3 Å². The fourth-order valence-corrected chi connectivity index (χ4v) is 6.66. The van der Waals surface area contributed by atoms with Crippen molar-refractivity contribution in [2.24, 2.45) is 0 Å². The minimum absolute atomic E-state index is 0.0319. The van der Waals surface area contributed by atoms with E-state index in [1.54, 1.807) is 23.7 Å². The second-order valence-electron chi connectivity index (χ2n) is 13.3. The summed E-state index contributed by atoms with van der Waals surface area (Å²) in [4.78, 5) is 19.0. The SMILES string of the molecule is CC(C)(C)c1cc(-c2cc3cccc(C(C)(C)CCC(C)(C)c4nc5nccnc5s4)n3c2)cc2cnccc12. The van der Waals surface area contributed by atoms with Gasteiger partial charge in [0.1, 0.15) is 5.01 Å². The Labute approximate surface area is 240 Å². The molecule has 5 aromatic heterocycles. The van der Waals surface area contributed by atoms with Crippen LogP contribution in [-0.4, -0.2) is 24.3 Å². The Balaban J connectivity index is 1.34. The van der Waals surface area contributed by atoms with Gasteiger partial charge in [0.2, 0.25) is 0 Å². The van der Waals surface area contributed by atoms with Gasteiger partial charge in [-0.3, -0.25) is 4.98 Å². The van der Waals surface area contributed by atoms with Gasteiger partial charge in [-0.05, 0) is 71.2 Å². The highest BCUT2D eigenvalue weighted by Gasteiger charge is 2.31. The minimum atomic E-state index is -0.0669. The van der Waals surface area contributed by atoms with Crippen LogP contribution in [0.3, 0.4) is 0 Å². The maximum Gasteiger partial charge on any atom is 0.189 e. The summed E-state index contributed by atoms with van der Waals surface area (Å²) >= 11 is 1.66. The largest absolute Gasteiger partial charge is 0.320 e. The first kappa shape index (κ1) is 26.6. The molecule has 0 aliphatic carbocycles. The lowest BCUT2D eigenvalue weighted by Gasteiger charge is -2.31. The van der Waals surface area contributed by atoms with Crippen LogP contribution < -0.4 is 0 Å². The number of nitrogens with zero attached hydrogens (tertiary/aromatic N) is 5. The standard InChI is InChI=1S/C34H37N5S/c1-32(2,3)27-19-22(17-23-20-35-14-11-26(23)27)24-18-25-9-8-10-28(39(25)21-24)33(4,5)12-13-34(6,7)31-38-29-30(40-31)37-16-15-36-29/h8-11,14-21H,12-13H2,1-7H3. The summed E-state index contributed by atoms with van der Waals surface area (Å²) < 4.78 is 2.39. The molecule has 0 bridgehead atoms. The molecular formula is C34H37N5S. The Morgan fingerprint density at radius 3 is 2.35 bits per heavy atom. The highest BCUT2D eigenvalue weighted by Crippen LogP contribution is 2.40. The average molecular weight is 548 g/mol. The zero-order chi connectivity index (χ0) is 28.3. The van der Waals surface area contributed by atoms with Gasteiger partial charge in [-0.25, -0.2) is 15.0 Å². The molecule has 0 unspecified atom stereocenters. The predicted octanol–water partition coefficient (Wildman–Crippen LogP) is 8.89. The van der Waals surface area contributed by atoms with Gasteiger partial charge in [-0.2, -0.15) is 0 Å². The fourth-order valence-electron chi connectivity index (χ4n) is 5.67. The Morgan fingerprint density at radius 1 is 0.800 bits per heavy atom. The number of benzene rings is 1. The van der Waals surface area contributed by atoms with Crippen LogP contribution in [-0.2, 0) is 16.2 Å². The number of fused-ring (bicyclic) bond motifs is 3. The molecule has 204 valence electrons. The Hall–Kier alpha value is -3.64. The van der Waals surface area contributed by atoms with Gasteiger partial charge >= 0.3 is 0 Å². The first-order valence-corrected chi connectivity index (χ1v) is 14.8. The van der Waals surface area contributed by atoms with Crippen molar-refractivity contribution in [2.75, 3.05) is 0 Å². The van der Waals surface area contributed by atoms with Crippen LogP contribution in [0.25, 0.3) is 37.9 Å². The lowest BCUT2D eigenvalue weighted by molar-refractivity contribution is 0.366. The molecule has 0 aliphatic rings. The molecule has 0 saturated heterocycles. The van der Waals surface area contributed by atoms with Crippen LogP contribution in [0.2, 0.25) is 0 Å². The van der Waals surface area contributed by atoms with E-state index in [2.05, 4.69) is 116 Å². The van der Waals surface area contributed by atoms with Crippen LogP contribution in [0, 0.1) is 0 Å². The number of aromatic nitrogens is 5. The molecule has 0 N–H and O–H groups in total. The molecule has 1 aromatic carbocycles. The number of rotatable bonds is 6. The van der Waals surface area contributed by atoms with Crippen molar-refractivity contribution in [3.63, 3.8) is 0 Å². The van der Waals surface area contributed by atoms with Crippen LogP contribution >= 0.6 is 11.3 Å². The highest BCUT2D eigenvalue weighted by atomic mass is 32.1. The molecule has 0 spiro atoms. The van der Waals surface area contributed by atoms with E-state index in [9.17, 15) is 0 Å². The second kappa shape index (κ2) is 9.48. The van der Waals surface area contributed by atoms with E-state index < -0.39 is 0 Å². The first-order chi connectivity index (χ1) is 18.9. The van der Waals surface area contributed by atoms with Crippen molar-refractivity contribution in [3.8, 4) is 11.1 Å². The molecule has 6 aromatic rings. The van der Waals surface area contributed by atoms with E-state index in [0.29, 0.717) is 0 Å². The molecule has 0 radical (unpaired) electrons. The number of thiazole rings is 1. The van der Waals surface area contributed by atoms with Gasteiger partial charge in [0.05, 0.1) is 0 Å². The van der Waals surface area contributed by atoms with Crippen LogP contribution in [0.4, 0.5) is 0 Å². The number of hydrogen-bond acceptors (Lipinski definition) is 5. The van der Waals surface area contributed by atoms with E-state index in [4.69, 9.17) is 4.98 Å². The lowest BCUT2D eigenvalue weighted by atomic mass is 9.77. The molecule has 0 saturated carbocycles. The minimum Gasteiger partial charge on any atom is -0.320 e. The molecular weight excluding hydrogens is 510 g/mol. The van der Waals surface area contributed by atoms with Crippen LogP contribution in [0.1, 0.15) is 77.6 Å². The number of hydrogen-bond donors (Lipinski definition) is 0. The molecule has 40 heavy (non-hydrogen) atoms. The number of pyridine rings is 2. The molecule has 0 atom stereocenters. The van der Waals surface area contributed by atoms with Crippen molar-refractivity contribution in [1.29, 1.82) is 0 Å². The van der Waals surface area contributed by atoms with E-state index in [-0.39, 0.29) is 16.2 Å². The van der Waals surface area contributed by atoms with Crippen molar-refractivity contribution >= 4 is 38.1 Å². The van der Waals surface area contributed by atoms with E-state index in [0.717, 1.165) is 28.3 Å². The third kappa shape index (κ3) is 4.79. The quantitative estimate of drug-likeness (QED) is 0.209. The van der Waals surface area contributed by atoms with E-state index in [1.807, 2.05) is 12.4 Å². The van der Waals surface area contributed by atoms with Gasteiger partial charge in [-0.15, -0.1) is 0 Å². The normalized spacial score (nSPS) is 13.1. The summed E-state index contributed by atoms with van der Waals surface area (Å²) in [6.07, 6.45) is 11.7. The zero-order valence-electron chi connectivity index (χ0n) is 24.5. The topological polar surface area (TPSA) is 56.0 Å².